The third kappa shape index (κ3) is 2.40. The lowest BCUT2D eigenvalue weighted by Crippen LogP contribution is -2.12. The van der Waals surface area contributed by atoms with Crippen molar-refractivity contribution in [2.24, 2.45) is 5.73 Å². The molecule has 2 rings (SSSR count). The topological polar surface area (TPSA) is 75.7 Å². The van der Waals surface area contributed by atoms with Crippen molar-refractivity contribution in [1.29, 1.82) is 5.41 Å². The molecule has 0 atom stereocenters. The number of hydrogen-bond acceptors (Lipinski definition) is 5. The van der Waals surface area contributed by atoms with Crippen LogP contribution in [0, 0.1) is 12.3 Å². The fourth-order valence-electron chi connectivity index (χ4n) is 1.16. The molecule has 0 aliphatic heterocycles. The lowest BCUT2D eigenvalue weighted by atomic mass is 10.2. The van der Waals surface area contributed by atoms with Crippen LogP contribution in [0.2, 0.25) is 0 Å². The highest BCUT2D eigenvalue weighted by Crippen LogP contribution is 2.31. The van der Waals surface area contributed by atoms with Crippen LogP contribution in [0.25, 0.3) is 0 Å². The Bertz CT molecular complexity index is 521. The second-order valence-electron chi connectivity index (χ2n) is 3.14. The minimum atomic E-state index is 0.0539. The molecule has 16 heavy (non-hydrogen) atoms. The molecule has 0 unspecified atom stereocenters. The van der Waals surface area contributed by atoms with Crippen molar-refractivity contribution in [3.63, 3.8) is 0 Å². The molecule has 0 amide bonds. The van der Waals surface area contributed by atoms with E-state index in [2.05, 4.69) is 9.97 Å². The van der Waals surface area contributed by atoms with Gasteiger partial charge in [-0.2, -0.15) is 0 Å². The molecule has 3 N–H and O–H groups in total. The Morgan fingerprint density at radius 1 is 1.56 bits per heavy atom. The molecule has 0 fully saturated rings. The first-order valence-electron chi connectivity index (χ1n) is 4.55. The summed E-state index contributed by atoms with van der Waals surface area (Å²) < 4.78 is 0.938. The van der Waals surface area contributed by atoms with E-state index in [1.807, 2.05) is 12.3 Å². The maximum atomic E-state index is 7.47. The fraction of sp³-hybridized carbons (Fsp3) is 0.100. The third-order valence-corrected chi connectivity index (χ3v) is 3.97. The SMILES string of the molecule is Cc1csc(Sc2cnccc2C(=N)N)n1. The van der Waals surface area contributed by atoms with Gasteiger partial charge in [0, 0.05) is 33.9 Å². The number of nitrogen functional groups attached to an aromatic ring is 1. The number of pyridine rings is 1. The summed E-state index contributed by atoms with van der Waals surface area (Å²) in [5.74, 6) is 0.0539. The zero-order valence-corrected chi connectivity index (χ0v) is 10.2. The van der Waals surface area contributed by atoms with Crippen molar-refractivity contribution in [2.75, 3.05) is 0 Å². The Labute approximate surface area is 101 Å². The summed E-state index contributed by atoms with van der Waals surface area (Å²) in [4.78, 5) is 9.25. The third-order valence-electron chi connectivity index (χ3n) is 1.87. The maximum Gasteiger partial charge on any atom is 0.154 e. The summed E-state index contributed by atoms with van der Waals surface area (Å²) in [5, 5.41) is 9.46. The highest BCUT2D eigenvalue weighted by Gasteiger charge is 2.08. The van der Waals surface area contributed by atoms with Gasteiger partial charge < -0.3 is 5.73 Å². The molecule has 2 heterocycles. The number of nitrogens with two attached hydrogens (primary N) is 1. The monoisotopic (exact) mass is 250 g/mol. The smallest absolute Gasteiger partial charge is 0.154 e. The molecule has 6 heteroatoms. The first-order chi connectivity index (χ1) is 7.66. The number of nitrogens with zero attached hydrogens (tertiary/aromatic N) is 2. The molecule has 4 nitrogen and oxygen atoms in total. The van der Waals surface area contributed by atoms with Crippen molar-refractivity contribution in [3.8, 4) is 0 Å². The summed E-state index contributed by atoms with van der Waals surface area (Å²) in [7, 11) is 0. The first kappa shape index (κ1) is 11.1. The minimum absolute atomic E-state index is 0.0539. The van der Waals surface area contributed by atoms with Gasteiger partial charge in [0.05, 0.1) is 0 Å². The maximum absolute atomic E-state index is 7.47. The van der Waals surface area contributed by atoms with Gasteiger partial charge in [-0.1, -0.05) is 11.8 Å². The van der Waals surface area contributed by atoms with Crippen LogP contribution in [-0.4, -0.2) is 15.8 Å². The van der Waals surface area contributed by atoms with E-state index in [0.29, 0.717) is 5.56 Å². The molecule has 0 saturated heterocycles. The van der Waals surface area contributed by atoms with Crippen LogP contribution in [0.5, 0.6) is 0 Å². The number of nitrogens with one attached hydrogen (secondary N) is 1. The summed E-state index contributed by atoms with van der Waals surface area (Å²) in [6, 6.07) is 1.74. The summed E-state index contributed by atoms with van der Waals surface area (Å²) in [6.45, 7) is 1.95. The highest BCUT2D eigenvalue weighted by molar-refractivity contribution is 8.01. The summed E-state index contributed by atoms with van der Waals surface area (Å²) in [6.07, 6.45) is 3.34. The molecule has 82 valence electrons. The largest absolute Gasteiger partial charge is 0.384 e. The zero-order valence-electron chi connectivity index (χ0n) is 8.60. The highest BCUT2D eigenvalue weighted by atomic mass is 32.2. The fourth-order valence-corrected chi connectivity index (χ4v) is 3.06. The summed E-state index contributed by atoms with van der Waals surface area (Å²) >= 11 is 3.07. The van der Waals surface area contributed by atoms with E-state index in [4.69, 9.17) is 11.1 Å². The average Bonchev–Trinajstić information content (AvgIpc) is 2.64. The predicted octanol–water partition coefficient (Wildman–Crippen LogP) is 2.28. The average molecular weight is 250 g/mol. The van der Waals surface area contributed by atoms with Crippen molar-refractivity contribution in [2.45, 2.75) is 16.2 Å². The molecule has 0 aromatic carbocycles. The van der Waals surface area contributed by atoms with Gasteiger partial charge in [0.15, 0.2) is 4.34 Å². The zero-order chi connectivity index (χ0) is 11.5. The molecule has 0 aliphatic rings. The lowest BCUT2D eigenvalue weighted by Gasteiger charge is -2.04. The quantitative estimate of drug-likeness (QED) is 0.647. The van der Waals surface area contributed by atoms with Crippen LogP contribution in [0.3, 0.4) is 0 Å². The second kappa shape index (κ2) is 4.63. The van der Waals surface area contributed by atoms with Crippen molar-refractivity contribution < 1.29 is 0 Å². The molecule has 0 saturated carbocycles. The lowest BCUT2D eigenvalue weighted by molar-refractivity contribution is 1.15. The van der Waals surface area contributed by atoms with E-state index in [0.717, 1.165) is 14.9 Å². The Hall–Kier alpha value is -1.40. The standard InChI is InChI=1S/C10H10N4S2/c1-6-5-15-10(14-6)16-8-4-13-3-2-7(8)9(11)12/h2-5H,1H3,(H3,11,12). The Morgan fingerprint density at radius 2 is 2.38 bits per heavy atom. The number of rotatable bonds is 3. The molecule has 0 bridgehead atoms. The molecule has 0 aliphatic carbocycles. The molecule has 0 radical (unpaired) electrons. The number of amidine groups is 1. The molecular formula is C10H10N4S2. The van der Waals surface area contributed by atoms with Gasteiger partial charge in [0.2, 0.25) is 0 Å². The first-order valence-corrected chi connectivity index (χ1v) is 6.25. The Morgan fingerprint density at radius 3 is 3.00 bits per heavy atom. The Balaban J connectivity index is 2.31. The van der Waals surface area contributed by atoms with Gasteiger partial charge in [0.25, 0.3) is 0 Å². The van der Waals surface area contributed by atoms with Gasteiger partial charge in [-0.3, -0.25) is 10.4 Å². The van der Waals surface area contributed by atoms with Gasteiger partial charge in [-0.25, -0.2) is 4.98 Å². The van der Waals surface area contributed by atoms with Crippen LogP contribution in [0.4, 0.5) is 0 Å². The Kier molecular flexibility index (Phi) is 3.21. The van der Waals surface area contributed by atoms with E-state index in [1.165, 1.54) is 11.8 Å². The van der Waals surface area contributed by atoms with Crippen LogP contribution >= 0.6 is 23.1 Å². The van der Waals surface area contributed by atoms with E-state index < -0.39 is 0 Å². The molecular weight excluding hydrogens is 240 g/mol. The van der Waals surface area contributed by atoms with Crippen LogP contribution < -0.4 is 5.73 Å². The predicted molar refractivity (Wildman–Crippen MR) is 66.2 cm³/mol. The molecule has 2 aromatic heterocycles. The number of hydrogen-bond donors (Lipinski definition) is 2. The van der Waals surface area contributed by atoms with Crippen LogP contribution in [0.15, 0.2) is 33.1 Å². The van der Waals surface area contributed by atoms with E-state index in [1.54, 1.807) is 29.8 Å². The molecule has 0 spiro atoms. The van der Waals surface area contributed by atoms with E-state index in [-0.39, 0.29) is 5.84 Å². The van der Waals surface area contributed by atoms with Crippen molar-refractivity contribution >= 4 is 28.9 Å². The second-order valence-corrected chi connectivity index (χ2v) is 5.29. The number of aromatic nitrogens is 2. The van der Waals surface area contributed by atoms with Gasteiger partial charge >= 0.3 is 0 Å². The van der Waals surface area contributed by atoms with Gasteiger partial charge in [-0.15, -0.1) is 11.3 Å². The summed E-state index contributed by atoms with van der Waals surface area (Å²) in [5.41, 5.74) is 7.20. The number of thiazole rings is 1. The van der Waals surface area contributed by atoms with Gasteiger partial charge in [-0.05, 0) is 13.0 Å². The minimum Gasteiger partial charge on any atom is -0.384 e. The van der Waals surface area contributed by atoms with E-state index >= 15 is 0 Å². The van der Waals surface area contributed by atoms with Crippen molar-refractivity contribution in [3.05, 3.63) is 35.1 Å². The van der Waals surface area contributed by atoms with Crippen LogP contribution in [0.1, 0.15) is 11.3 Å². The van der Waals surface area contributed by atoms with Crippen molar-refractivity contribution in [1.82, 2.24) is 9.97 Å². The van der Waals surface area contributed by atoms with Gasteiger partial charge in [0.1, 0.15) is 5.84 Å². The van der Waals surface area contributed by atoms with Crippen LogP contribution in [-0.2, 0) is 0 Å². The number of aryl methyl sites for hydroxylation is 1. The normalized spacial score (nSPS) is 10.3. The van der Waals surface area contributed by atoms with E-state index in [9.17, 15) is 0 Å². The molecule has 2 aromatic rings.